The minimum Gasteiger partial charge on any atom is -0.445 e. The number of carbonyl (C=O) groups is 3. The van der Waals surface area contributed by atoms with Crippen molar-refractivity contribution in [2.24, 2.45) is 11.8 Å². The van der Waals surface area contributed by atoms with Crippen LogP contribution in [0, 0.1) is 11.8 Å². The lowest BCUT2D eigenvalue weighted by atomic mass is 9.98. The molecule has 0 fully saturated rings. The van der Waals surface area contributed by atoms with Crippen molar-refractivity contribution in [3.63, 3.8) is 0 Å². The van der Waals surface area contributed by atoms with Gasteiger partial charge in [0, 0.05) is 14.7 Å². The molecule has 2 rings (SSSR count). The normalized spacial score (nSPS) is 13.2. The van der Waals surface area contributed by atoms with E-state index in [1.807, 2.05) is 58.0 Å². The van der Waals surface area contributed by atoms with E-state index in [-0.39, 0.29) is 31.6 Å². The number of benzene rings is 1. The van der Waals surface area contributed by atoms with Gasteiger partial charge in [-0.3, -0.25) is 9.59 Å². The van der Waals surface area contributed by atoms with Gasteiger partial charge in [0.1, 0.15) is 19.4 Å². The van der Waals surface area contributed by atoms with Gasteiger partial charge in [0.15, 0.2) is 0 Å². The number of hydrogen-bond acceptors (Lipinski definition) is 8. The van der Waals surface area contributed by atoms with Crippen LogP contribution < -0.4 is 16.4 Å². The van der Waals surface area contributed by atoms with Gasteiger partial charge in [-0.2, -0.15) is 4.68 Å². The highest BCUT2D eigenvalue weighted by Gasteiger charge is 2.31. The van der Waals surface area contributed by atoms with Gasteiger partial charge in [0.25, 0.3) is 5.89 Å². The molecule has 2 atom stereocenters. The van der Waals surface area contributed by atoms with E-state index in [1.165, 1.54) is 0 Å². The molecule has 0 aliphatic heterocycles. The summed E-state index contributed by atoms with van der Waals surface area (Å²) in [7, 11) is -1.30. The Bertz CT molecular complexity index is 1160. The molecule has 0 radical (unpaired) electrons. The summed E-state index contributed by atoms with van der Waals surface area (Å²) in [6.45, 7) is 14.7. The fourth-order valence-corrected chi connectivity index (χ4v) is 4.51. The first kappa shape index (κ1) is 33.0. The summed E-state index contributed by atoms with van der Waals surface area (Å²) >= 11 is 0. The summed E-state index contributed by atoms with van der Waals surface area (Å²) in [4.78, 5) is 51.3. The monoisotopic (exact) mass is 576 g/mol. The third-order valence-electron chi connectivity index (χ3n) is 5.90. The summed E-state index contributed by atoms with van der Waals surface area (Å²) in [5.41, 5.74) is 0.812. The van der Waals surface area contributed by atoms with Gasteiger partial charge in [-0.15, -0.1) is 5.10 Å². The zero-order chi connectivity index (χ0) is 29.9. The Morgan fingerprint density at radius 2 is 1.60 bits per heavy atom. The molecule has 222 valence electrons. The highest BCUT2D eigenvalue weighted by Crippen LogP contribution is 2.13. The highest BCUT2D eigenvalue weighted by atomic mass is 28.3. The third-order valence-corrected chi connectivity index (χ3v) is 7.60. The molecule has 0 saturated carbocycles. The van der Waals surface area contributed by atoms with Crippen molar-refractivity contribution in [1.82, 2.24) is 20.4 Å². The second kappa shape index (κ2) is 15.5. The smallest absolute Gasteiger partial charge is 0.439 e. The Hall–Kier alpha value is -3.25. The molecule has 2 amide bonds. The minimum atomic E-state index is -1.30. The maximum atomic E-state index is 13.3. The fraction of sp³-hybridized carbons (Fsp3) is 0.607. The zero-order valence-electron chi connectivity index (χ0n) is 24.7. The Labute approximate surface area is 237 Å². The summed E-state index contributed by atoms with van der Waals surface area (Å²) in [6, 6.07) is 8.16. The molecule has 0 bridgehead atoms. The van der Waals surface area contributed by atoms with Gasteiger partial charge >= 0.3 is 11.8 Å². The molecule has 11 nitrogen and oxygen atoms in total. The van der Waals surface area contributed by atoms with Gasteiger partial charge in [-0.1, -0.05) is 77.7 Å². The Morgan fingerprint density at radius 1 is 0.975 bits per heavy atom. The molecule has 40 heavy (non-hydrogen) atoms. The van der Waals surface area contributed by atoms with Crippen molar-refractivity contribution in [2.45, 2.75) is 91.6 Å². The number of carbonyl (C=O) groups excluding carboxylic acids is 3. The van der Waals surface area contributed by atoms with E-state index in [0.29, 0.717) is 13.0 Å². The van der Waals surface area contributed by atoms with E-state index in [1.54, 1.807) is 0 Å². The predicted molar refractivity (Wildman–Crippen MR) is 154 cm³/mol. The quantitative estimate of drug-likeness (QED) is 0.172. The van der Waals surface area contributed by atoms with Crippen LogP contribution in [0.4, 0.5) is 4.79 Å². The Morgan fingerprint density at radius 3 is 2.20 bits per heavy atom. The Kier molecular flexibility index (Phi) is 12.8. The molecule has 1 heterocycles. The molecule has 0 unspecified atom stereocenters. The number of rotatable bonds is 16. The number of aromatic nitrogens is 2. The average Bonchev–Trinajstić information content (AvgIpc) is 3.23. The summed E-state index contributed by atoms with van der Waals surface area (Å²) in [5.74, 6) is -2.29. The maximum absolute atomic E-state index is 13.3. The largest absolute Gasteiger partial charge is 0.445 e. The van der Waals surface area contributed by atoms with E-state index < -0.39 is 49.6 Å². The molecule has 0 aliphatic rings. The number of ketones is 1. The number of amides is 2. The molecule has 1 aromatic heterocycles. The van der Waals surface area contributed by atoms with Crippen LogP contribution in [-0.4, -0.2) is 54.3 Å². The van der Waals surface area contributed by atoms with Crippen LogP contribution in [0.25, 0.3) is 0 Å². The van der Waals surface area contributed by atoms with Gasteiger partial charge in [-0.05, 0) is 36.3 Å². The van der Waals surface area contributed by atoms with E-state index in [4.69, 9.17) is 13.9 Å². The van der Waals surface area contributed by atoms with E-state index in [0.717, 1.165) is 16.3 Å². The molecule has 0 saturated heterocycles. The van der Waals surface area contributed by atoms with Crippen LogP contribution in [0.1, 0.15) is 56.8 Å². The van der Waals surface area contributed by atoms with Crippen molar-refractivity contribution in [3.05, 3.63) is 52.3 Å². The topological polar surface area (TPSA) is 142 Å². The van der Waals surface area contributed by atoms with E-state index in [9.17, 15) is 19.2 Å². The van der Waals surface area contributed by atoms with Crippen LogP contribution >= 0.6 is 0 Å². The first-order valence-electron chi connectivity index (χ1n) is 13.7. The summed E-state index contributed by atoms with van der Waals surface area (Å²) in [6.07, 6.45) is -0.135. The van der Waals surface area contributed by atoms with Gasteiger partial charge in [-0.25, -0.2) is 9.59 Å². The molecular weight excluding hydrogens is 532 g/mol. The van der Waals surface area contributed by atoms with Crippen LogP contribution in [0.3, 0.4) is 0 Å². The first-order chi connectivity index (χ1) is 18.7. The third kappa shape index (κ3) is 11.9. The number of alkyl carbamates (subject to hydrolysis) is 1. The number of nitrogens with zero attached hydrogens (tertiary/aromatic N) is 2. The number of nitrogens with one attached hydrogen (secondary N) is 2. The second-order valence-electron chi connectivity index (χ2n) is 12.0. The molecular formula is C28H44N4O7Si. The van der Waals surface area contributed by atoms with Crippen LogP contribution in [0.5, 0.6) is 0 Å². The number of hydrogen-bond donors (Lipinski definition) is 2. The van der Waals surface area contributed by atoms with E-state index >= 15 is 0 Å². The van der Waals surface area contributed by atoms with Crippen LogP contribution in [0.15, 0.2) is 39.5 Å². The SMILES string of the molecule is CC(C)C[C@H](NC(=O)OCc1ccccc1)C(=O)N[C@@H](CC(C)C)C(=O)c1nn(COCC[Si](C)(C)C)c(=O)o1. The maximum Gasteiger partial charge on any atom is 0.439 e. The molecule has 0 spiro atoms. The van der Waals surface area contributed by atoms with Crippen LogP contribution in [0.2, 0.25) is 25.7 Å². The van der Waals surface area contributed by atoms with Gasteiger partial charge in [0.05, 0.1) is 6.04 Å². The number of Topliss-reactive ketones (excluding diaryl/α,β-unsaturated/α-hetero) is 1. The predicted octanol–water partition coefficient (Wildman–Crippen LogP) is 4.20. The fourth-order valence-electron chi connectivity index (χ4n) is 3.75. The van der Waals surface area contributed by atoms with Crippen LogP contribution in [-0.2, 0) is 27.6 Å². The summed E-state index contributed by atoms with van der Waals surface area (Å²) < 4.78 is 16.9. The van der Waals surface area contributed by atoms with Crippen molar-refractivity contribution in [2.75, 3.05) is 6.61 Å². The first-order valence-corrected chi connectivity index (χ1v) is 17.4. The highest BCUT2D eigenvalue weighted by molar-refractivity contribution is 6.76. The van der Waals surface area contributed by atoms with Crippen molar-refractivity contribution < 1.29 is 28.3 Å². The summed E-state index contributed by atoms with van der Waals surface area (Å²) in [5, 5.41) is 9.36. The Balaban J connectivity index is 2.08. The average molecular weight is 577 g/mol. The van der Waals surface area contributed by atoms with Crippen molar-refractivity contribution >= 4 is 25.9 Å². The molecule has 2 N–H and O–H groups in total. The lowest BCUT2D eigenvalue weighted by molar-refractivity contribution is -0.124. The molecule has 0 aliphatic carbocycles. The second-order valence-corrected chi connectivity index (χ2v) is 17.6. The standard InChI is InChI=1S/C28H44N4O7Si/c1-19(2)15-22(24(33)26-31-32(28(36)39-26)18-37-13-14-40(5,6)7)29-25(34)23(16-20(3)4)30-27(35)38-17-21-11-9-8-10-12-21/h8-12,19-20,22-23H,13-18H2,1-7H3,(H,29,34)(H,30,35)/t22-,23-/m0/s1. The van der Waals surface area contributed by atoms with Crippen molar-refractivity contribution in [3.8, 4) is 0 Å². The van der Waals surface area contributed by atoms with E-state index in [2.05, 4.69) is 35.4 Å². The molecule has 1 aromatic carbocycles. The van der Waals surface area contributed by atoms with Crippen molar-refractivity contribution in [1.29, 1.82) is 0 Å². The molecule has 2 aromatic rings. The zero-order valence-corrected chi connectivity index (χ0v) is 25.7. The van der Waals surface area contributed by atoms with Gasteiger partial charge < -0.3 is 24.5 Å². The lowest BCUT2D eigenvalue weighted by Crippen LogP contribution is -2.52. The minimum absolute atomic E-state index is 0.0281. The molecule has 12 heteroatoms. The van der Waals surface area contributed by atoms with Gasteiger partial charge in [0.2, 0.25) is 11.7 Å². The number of ether oxygens (including phenoxy) is 2. The lowest BCUT2D eigenvalue weighted by Gasteiger charge is -2.24.